The maximum atomic E-state index is 9.81. The molecule has 0 aliphatic heterocycles. The molecule has 0 fully saturated rings. The Balaban J connectivity index is 0. The predicted molar refractivity (Wildman–Crippen MR) is 113 cm³/mol. The van der Waals surface area contributed by atoms with Gasteiger partial charge in [0.15, 0.2) is 0 Å². The van der Waals surface area contributed by atoms with Crippen molar-refractivity contribution in [3.8, 4) is 11.5 Å². The van der Waals surface area contributed by atoms with Gasteiger partial charge in [0.1, 0.15) is 18.3 Å². The highest BCUT2D eigenvalue weighted by atomic mass is 16.5. The van der Waals surface area contributed by atoms with Gasteiger partial charge < -0.3 is 34.7 Å². The van der Waals surface area contributed by atoms with E-state index in [0.717, 1.165) is 16.7 Å². The summed E-state index contributed by atoms with van der Waals surface area (Å²) < 4.78 is 10.6. The molecule has 7 nitrogen and oxygen atoms in total. The van der Waals surface area contributed by atoms with Gasteiger partial charge in [0.2, 0.25) is 0 Å². The number of para-hydroxylation sites is 1. The number of carbonyl (C=O) groups is 1. The second-order valence-corrected chi connectivity index (χ2v) is 5.62. The molecule has 0 spiro atoms. The van der Waals surface area contributed by atoms with Gasteiger partial charge in [0.05, 0.1) is 33.0 Å². The van der Waals surface area contributed by atoms with Gasteiger partial charge in [-0.3, -0.25) is 0 Å². The summed E-state index contributed by atoms with van der Waals surface area (Å²) in [5, 5.41) is 33.7. The molecule has 4 N–H and O–H groups in total. The highest BCUT2D eigenvalue weighted by molar-refractivity contribution is 5.42. The van der Waals surface area contributed by atoms with Crippen LogP contribution in [0.4, 0.5) is 0 Å². The van der Waals surface area contributed by atoms with Crippen LogP contribution in [0.15, 0.2) is 42.5 Å². The van der Waals surface area contributed by atoms with Crippen LogP contribution in [-0.4, -0.2) is 60.2 Å². The van der Waals surface area contributed by atoms with Gasteiger partial charge in [0.25, 0.3) is 0 Å². The molecular formula is C22H34O7. The molecule has 7 heteroatoms. The van der Waals surface area contributed by atoms with Crippen molar-refractivity contribution in [1.82, 2.24) is 0 Å². The van der Waals surface area contributed by atoms with E-state index in [1.165, 1.54) is 0 Å². The van der Waals surface area contributed by atoms with Gasteiger partial charge in [-0.15, -0.1) is 0 Å². The van der Waals surface area contributed by atoms with Crippen LogP contribution in [0.5, 0.6) is 11.5 Å². The number of carbonyl (C=O) groups excluding carboxylic acids is 1. The Morgan fingerprint density at radius 2 is 1.45 bits per heavy atom. The van der Waals surface area contributed by atoms with Crippen molar-refractivity contribution in [2.24, 2.45) is 0 Å². The summed E-state index contributed by atoms with van der Waals surface area (Å²) in [4.78, 5) is 8.00. The van der Waals surface area contributed by atoms with Crippen molar-refractivity contribution in [2.45, 2.75) is 27.4 Å². The average Bonchev–Trinajstić information content (AvgIpc) is 2.74. The van der Waals surface area contributed by atoms with E-state index in [1.54, 1.807) is 24.3 Å². The summed E-state index contributed by atoms with van der Waals surface area (Å²) in [6, 6.07) is 12.6. The second kappa shape index (κ2) is 20.3. The maximum absolute atomic E-state index is 9.81. The molecule has 0 atom stereocenters. The van der Waals surface area contributed by atoms with Crippen molar-refractivity contribution in [2.75, 3.05) is 33.0 Å². The van der Waals surface area contributed by atoms with E-state index in [9.17, 15) is 5.11 Å². The van der Waals surface area contributed by atoms with Crippen LogP contribution in [0.3, 0.4) is 0 Å². The molecule has 29 heavy (non-hydrogen) atoms. The summed E-state index contributed by atoms with van der Waals surface area (Å²) in [6.07, 6.45) is 0. The standard InChI is InChI=1S/C13H20O3.C6H6O.C2H6O2.CH2O/c1-4-15-5-6-16-9-12-8-10(2)7-11(3)13(12)14;7-6-4-2-1-3-5-6;3-1-2-4;1-2/h7-8,14H,4-6,9H2,1-3H3;1-5,7H;3-4H,1-2H2;1H2. The number of aryl methyl sites for hydroxylation is 2. The zero-order valence-electron chi connectivity index (χ0n) is 17.5. The Bertz CT molecular complexity index is 616. The number of hydrogen-bond acceptors (Lipinski definition) is 7. The minimum absolute atomic E-state index is 0.125. The summed E-state index contributed by atoms with van der Waals surface area (Å²) >= 11 is 0. The third kappa shape index (κ3) is 16.2. The number of phenolic OH excluding ortho intramolecular Hbond substituents is 2. The van der Waals surface area contributed by atoms with Crippen molar-refractivity contribution < 1.29 is 34.7 Å². The van der Waals surface area contributed by atoms with Crippen molar-refractivity contribution in [3.05, 3.63) is 59.2 Å². The fourth-order valence-electron chi connectivity index (χ4n) is 2.03. The molecule has 0 amide bonds. The Morgan fingerprint density at radius 3 is 1.90 bits per heavy atom. The maximum Gasteiger partial charge on any atom is 0.124 e. The second-order valence-electron chi connectivity index (χ2n) is 5.62. The van der Waals surface area contributed by atoms with Crippen LogP contribution < -0.4 is 0 Å². The SMILES string of the molecule is C=O.CCOCCOCc1cc(C)cc(C)c1O.OCCO.Oc1ccccc1. The highest BCUT2D eigenvalue weighted by Gasteiger charge is 2.05. The number of phenols is 2. The fraction of sp³-hybridized carbons (Fsp3) is 0.409. The summed E-state index contributed by atoms with van der Waals surface area (Å²) in [5.74, 6) is 0.657. The molecule has 0 aliphatic rings. The molecular weight excluding hydrogens is 376 g/mol. The van der Waals surface area contributed by atoms with Crippen LogP contribution in [0.25, 0.3) is 0 Å². The van der Waals surface area contributed by atoms with Crippen LogP contribution in [0.2, 0.25) is 0 Å². The highest BCUT2D eigenvalue weighted by Crippen LogP contribution is 2.24. The molecule has 2 aromatic carbocycles. The zero-order valence-corrected chi connectivity index (χ0v) is 17.5. The first-order valence-electron chi connectivity index (χ1n) is 9.15. The largest absolute Gasteiger partial charge is 0.508 e. The third-order valence-electron chi connectivity index (χ3n) is 3.21. The lowest BCUT2D eigenvalue weighted by molar-refractivity contribution is -0.0980. The Labute approximate surface area is 173 Å². The van der Waals surface area contributed by atoms with Gasteiger partial charge in [-0.05, 0) is 38.5 Å². The lowest BCUT2D eigenvalue weighted by Gasteiger charge is -2.09. The van der Waals surface area contributed by atoms with E-state index >= 15 is 0 Å². The lowest BCUT2D eigenvalue weighted by Crippen LogP contribution is -2.04. The van der Waals surface area contributed by atoms with E-state index in [2.05, 4.69) is 0 Å². The first kappa shape index (κ1) is 28.8. The van der Waals surface area contributed by atoms with Crippen molar-refractivity contribution in [3.63, 3.8) is 0 Å². The Morgan fingerprint density at radius 1 is 0.897 bits per heavy atom. The van der Waals surface area contributed by atoms with Gasteiger partial charge in [0, 0.05) is 12.2 Å². The first-order chi connectivity index (χ1) is 14.0. The molecule has 0 unspecified atom stereocenters. The van der Waals surface area contributed by atoms with Crippen LogP contribution in [-0.2, 0) is 20.9 Å². The number of ether oxygens (including phenoxy) is 2. The van der Waals surface area contributed by atoms with E-state index in [0.29, 0.717) is 37.9 Å². The van der Waals surface area contributed by atoms with Gasteiger partial charge >= 0.3 is 0 Å². The number of aromatic hydroxyl groups is 2. The van der Waals surface area contributed by atoms with E-state index in [4.69, 9.17) is 29.6 Å². The Kier molecular flexibility index (Phi) is 20.1. The van der Waals surface area contributed by atoms with Gasteiger partial charge in [-0.1, -0.05) is 35.9 Å². The number of aliphatic hydroxyl groups excluding tert-OH is 2. The molecule has 164 valence electrons. The van der Waals surface area contributed by atoms with E-state index in [-0.39, 0.29) is 13.2 Å². The fourth-order valence-corrected chi connectivity index (χ4v) is 2.03. The Hall–Kier alpha value is -2.45. The van der Waals surface area contributed by atoms with Gasteiger partial charge in [-0.25, -0.2) is 0 Å². The molecule has 0 aliphatic carbocycles. The normalized spacial score (nSPS) is 9.14. The molecule has 0 saturated heterocycles. The minimum Gasteiger partial charge on any atom is -0.508 e. The van der Waals surface area contributed by atoms with Crippen LogP contribution in [0.1, 0.15) is 23.6 Å². The summed E-state index contributed by atoms with van der Waals surface area (Å²) in [6.45, 7) is 9.90. The average molecular weight is 411 g/mol. The first-order valence-corrected chi connectivity index (χ1v) is 9.15. The molecule has 2 aromatic rings. The third-order valence-corrected chi connectivity index (χ3v) is 3.21. The predicted octanol–water partition coefficient (Wildman–Crippen LogP) is 2.74. The van der Waals surface area contributed by atoms with Crippen LogP contribution >= 0.6 is 0 Å². The van der Waals surface area contributed by atoms with E-state index in [1.807, 2.05) is 45.8 Å². The number of aliphatic hydroxyl groups is 2. The molecule has 0 aromatic heterocycles. The molecule has 0 saturated carbocycles. The van der Waals surface area contributed by atoms with E-state index < -0.39 is 0 Å². The zero-order chi connectivity index (χ0) is 22.5. The summed E-state index contributed by atoms with van der Waals surface area (Å²) in [5.41, 5.74) is 2.87. The van der Waals surface area contributed by atoms with Crippen molar-refractivity contribution in [1.29, 1.82) is 0 Å². The molecule has 0 bridgehead atoms. The molecule has 0 radical (unpaired) electrons. The van der Waals surface area contributed by atoms with Crippen molar-refractivity contribution >= 4 is 6.79 Å². The summed E-state index contributed by atoms with van der Waals surface area (Å²) in [7, 11) is 0. The molecule has 0 heterocycles. The number of benzene rings is 2. The topological polar surface area (TPSA) is 116 Å². The minimum atomic E-state index is -0.125. The van der Waals surface area contributed by atoms with Gasteiger partial charge in [-0.2, -0.15) is 0 Å². The quantitative estimate of drug-likeness (QED) is 0.519. The monoisotopic (exact) mass is 410 g/mol. The number of rotatable bonds is 7. The number of hydrogen-bond donors (Lipinski definition) is 4. The molecule has 2 rings (SSSR count). The lowest BCUT2D eigenvalue weighted by atomic mass is 10.1. The van der Waals surface area contributed by atoms with Crippen LogP contribution in [0, 0.1) is 13.8 Å². The smallest absolute Gasteiger partial charge is 0.124 e.